The number of pyridine rings is 1. The quantitative estimate of drug-likeness (QED) is 0.782. The van der Waals surface area contributed by atoms with Crippen LogP contribution in [0.2, 0.25) is 0 Å². The van der Waals surface area contributed by atoms with Crippen LogP contribution in [0.5, 0.6) is 0 Å². The number of carbonyl (C=O) groups excluding carboxylic acids is 1. The van der Waals surface area contributed by atoms with E-state index in [1.807, 2.05) is 12.1 Å². The van der Waals surface area contributed by atoms with Crippen molar-refractivity contribution >= 4 is 5.91 Å². The fourth-order valence-corrected chi connectivity index (χ4v) is 1.62. The minimum absolute atomic E-state index is 0.130. The molecule has 5 nitrogen and oxygen atoms in total. The minimum atomic E-state index is -0.891. The first-order chi connectivity index (χ1) is 9.01. The van der Waals surface area contributed by atoms with Gasteiger partial charge < -0.3 is 9.64 Å². The van der Waals surface area contributed by atoms with E-state index in [1.165, 1.54) is 7.11 Å². The van der Waals surface area contributed by atoms with Crippen LogP contribution in [0.1, 0.15) is 25.8 Å². The Kier molecular flexibility index (Phi) is 5.46. The van der Waals surface area contributed by atoms with Crippen LogP contribution in [-0.2, 0) is 16.1 Å². The Bertz CT molecular complexity index is 452. The van der Waals surface area contributed by atoms with Crippen LogP contribution in [0.4, 0.5) is 0 Å². The van der Waals surface area contributed by atoms with E-state index in [1.54, 1.807) is 31.1 Å². The molecular formula is C14H19N3O2. The molecule has 102 valence electrons. The second-order valence-electron chi connectivity index (χ2n) is 4.71. The lowest BCUT2D eigenvalue weighted by atomic mass is 10.1. The molecule has 1 rings (SSSR count). The second kappa shape index (κ2) is 6.86. The first kappa shape index (κ1) is 15.1. The van der Waals surface area contributed by atoms with Gasteiger partial charge in [-0.05, 0) is 25.5 Å². The third kappa shape index (κ3) is 4.34. The van der Waals surface area contributed by atoms with Crippen molar-refractivity contribution in [3.05, 3.63) is 30.1 Å². The molecule has 0 atom stereocenters. The molecule has 0 saturated heterocycles. The van der Waals surface area contributed by atoms with E-state index < -0.39 is 5.60 Å². The van der Waals surface area contributed by atoms with Gasteiger partial charge in [-0.15, -0.1) is 0 Å². The Balaban J connectivity index is 2.83. The predicted octanol–water partition coefficient (Wildman–Crippen LogP) is 1.75. The highest BCUT2D eigenvalue weighted by Crippen LogP contribution is 2.15. The monoisotopic (exact) mass is 261 g/mol. The summed E-state index contributed by atoms with van der Waals surface area (Å²) in [6, 6.07) is 5.78. The summed E-state index contributed by atoms with van der Waals surface area (Å²) < 4.78 is 5.21. The molecule has 1 aromatic rings. The lowest BCUT2D eigenvalue weighted by molar-refractivity contribution is -0.151. The van der Waals surface area contributed by atoms with Gasteiger partial charge in [0, 0.05) is 32.6 Å². The van der Waals surface area contributed by atoms with E-state index in [-0.39, 0.29) is 5.91 Å². The number of nitrogens with zero attached hydrogens (tertiary/aromatic N) is 3. The second-order valence-corrected chi connectivity index (χ2v) is 4.71. The van der Waals surface area contributed by atoms with Crippen molar-refractivity contribution in [2.45, 2.75) is 32.4 Å². The smallest absolute Gasteiger partial charge is 0.254 e. The molecule has 0 spiro atoms. The zero-order valence-corrected chi connectivity index (χ0v) is 11.6. The molecule has 0 fully saturated rings. The van der Waals surface area contributed by atoms with Crippen LogP contribution in [0.15, 0.2) is 24.5 Å². The molecule has 5 heteroatoms. The van der Waals surface area contributed by atoms with E-state index in [0.717, 1.165) is 5.56 Å². The van der Waals surface area contributed by atoms with Crippen LogP contribution in [0.3, 0.4) is 0 Å². The Morgan fingerprint density at radius 3 is 2.84 bits per heavy atom. The lowest BCUT2D eigenvalue weighted by Crippen LogP contribution is -2.46. The Labute approximate surface area is 113 Å². The van der Waals surface area contributed by atoms with E-state index in [2.05, 4.69) is 11.1 Å². The van der Waals surface area contributed by atoms with Gasteiger partial charge in [-0.1, -0.05) is 6.07 Å². The first-order valence-corrected chi connectivity index (χ1v) is 6.11. The first-order valence-electron chi connectivity index (χ1n) is 6.11. The summed E-state index contributed by atoms with van der Waals surface area (Å²) >= 11 is 0. The summed E-state index contributed by atoms with van der Waals surface area (Å²) in [5.41, 5.74) is 0.0400. The molecule has 0 bridgehead atoms. The molecule has 1 heterocycles. The van der Waals surface area contributed by atoms with Crippen molar-refractivity contribution in [2.75, 3.05) is 13.7 Å². The van der Waals surface area contributed by atoms with Gasteiger partial charge in [0.2, 0.25) is 0 Å². The van der Waals surface area contributed by atoms with Crippen molar-refractivity contribution in [2.24, 2.45) is 0 Å². The van der Waals surface area contributed by atoms with Crippen LogP contribution in [0.25, 0.3) is 0 Å². The zero-order valence-electron chi connectivity index (χ0n) is 11.6. The largest absolute Gasteiger partial charge is 0.369 e. The standard InChI is InChI=1S/C14H19N3O2/c1-14(2,19-3)13(18)17(9-5-7-15)11-12-6-4-8-16-10-12/h4,6,8,10H,5,9,11H2,1-3H3. The number of rotatable bonds is 6. The molecule has 0 N–H and O–H groups in total. The maximum atomic E-state index is 12.4. The van der Waals surface area contributed by atoms with Crippen LogP contribution in [0, 0.1) is 11.3 Å². The lowest BCUT2D eigenvalue weighted by Gasteiger charge is -2.30. The number of carbonyl (C=O) groups is 1. The van der Waals surface area contributed by atoms with Crippen molar-refractivity contribution in [1.29, 1.82) is 5.26 Å². The van der Waals surface area contributed by atoms with Crippen LogP contribution in [-0.4, -0.2) is 35.0 Å². The normalized spacial score (nSPS) is 10.8. The van der Waals surface area contributed by atoms with Crippen molar-refractivity contribution in [3.63, 3.8) is 0 Å². The van der Waals surface area contributed by atoms with Crippen molar-refractivity contribution in [1.82, 2.24) is 9.88 Å². The Morgan fingerprint density at radius 2 is 2.32 bits per heavy atom. The molecule has 1 amide bonds. The molecule has 1 aromatic heterocycles. The summed E-state index contributed by atoms with van der Waals surface area (Å²) in [7, 11) is 1.50. The fraction of sp³-hybridized carbons (Fsp3) is 0.500. The maximum absolute atomic E-state index is 12.4. The fourth-order valence-electron chi connectivity index (χ4n) is 1.62. The van der Waals surface area contributed by atoms with Gasteiger partial charge in [-0.25, -0.2) is 0 Å². The van der Waals surface area contributed by atoms with Gasteiger partial charge in [-0.3, -0.25) is 9.78 Å². The number of hydrogen-bond acceptors (Lipinski definition) is 4. The number of nitriles is 1. The molecule has 0 unspecified atom stereocenters. The number of methoxy groups -OCH3 is 1. The van der Waals surface area contributed by atoms with Crippen molar-refractivity contribution < 1.29 is 9.53 Å². The summed E-state index contributed by atoms with van der Waals surface area (Å²) in [4.78, 5) is 18.0. The number of aromatic nitrogens is 1. The highest BCUT2D eigenvalue weighted by atomic mass is 16.5. The topological polar surface area (TPSA) is 66.2 Å². The summed E-state index contributed by atoms with van der Waals surface area (Å²) in [5.74, 6) is -0.130. The van der Waals surface area contributed by atoms with Crippen LogP contribution < -0.4 is 0 Å². The molecule has 0 saturated carbocycles. The number of ether oxygens (including phenoxy) is 1. The Morgan fingerprint density at radius 1 is 1.58 bits per heavy atom. The molecule has 19 heavy (non-hydrogen) atoms. The molecule has 0 aliphatic heterocycles. The highest BCUT2D eigenvalue weighted by Gasteiger charge is 2.31. The number of hydrogen-bond donors (Lipinski definition) is 0. The molecular weight excluding hydrogens is 242 g/mol. The van der Waals surface area contributed by atoms with Gasteiger partial charge in [0.05, 0.1) is 12.5 Å². The number of amides is 1. The van der Waals surface area contributed by atoms with Gasteiger partial charge in [0.15, 0.2) is 0 Å². The predicted molar refractivity (Wildman–Crippen MR) is 71.0 cm³/mol. The Hall–Kier alpha value is -1.93. The highest BCUT2D eigenvalue weighted by molar-refractivity contribution is 5.84. The van der Waals surface area contributed by atoms with Gasteiger partial charge in [0.1, 0.15) is 5.60 Å². The zero-order chi connectivity index (χ0) is 14.3. The van der Waals surface area contributed by atoms with Crippen LogP contribution >= 0.6 is 0 Å². The molecule has 0 aliphatic carbocycles. The van der Waals surface area contributed by atoms with E-state index in [0.29, 0.717) is 19.5 Å². The summed E-state index contributed by atoms with van der Waals surface area (Å²) in [6.45, 7) is 4.26. The maximum Gasteiger partial charge on any atom is 0.254 e. The SMILES string of the molecule is COC(C)(C)C(=O)N(CCC#N)Cc1cccnc1. The van der Waals surface area contributed by atoms with Gasteiger partial charge in [-0.2, -0.15) is 5.26 Å². The third-order valence-electron chi connectivity index (χ3n) is 2.90. The van der Waals surface area contributed by atoms with Gasteiger partial charge in [0.25, 0.3) is 5.91 Å². The minimum Gasteiger partial charge on any atom is -0.369 e. The summed E-state index contributed by atoms with van der Waals surface area (Å²) in [6.07, 6.45) is 3.70. The average Bonchev–Trinajstić information content (AvgIpc) is 2.43. The molecule has 0 radical (unpaired) electrons. The molecule has 0 aromatic carbocycles. The van der Waals surface area contributed by atoms with E-state index >= 15 is 0 Å². The van der Waals surface area contributed by atoms with E-state index in [4.69, 9.17) is 10.00 Å². The van der Waals surface area contributed by atoms with Gasteiger partial charge >= 0.3 is 0 Å². The van der Waals surface area contributed by atoms with E-state index in [9.17, 15) is 4.79 Å². The molecule has 0 aliphatic rings. The average molecular weight is 261 g/mol. The third-order valence-corrected chi connectivity index (χ3v) is 2.90. The van der Waals surface area contributed by atoms with Crippen molar-refractivity contribution in [3.8, 4) is 6.07 Å². The summed E-state index contributed by atoms with van der Waals surface area (Å²) in [5, 5.41) is 8.69.